The Balaban J connectivity index is 2.23. The molecule has 1 aromatic carbocycles. The van der Waals surface area contributed by atoms with Crippen LogP contribution in [0, 0.1) is 20.2 Å². The maximum absolute atomic E-state index is 11.9. The van der Waals surface area contributed by atoms with Crippen LogP contribution in [0.1, 0.15) is 16.1 Å². The van der Waals surface area contributed by atoms with Crippen LogP contribution in [0.4, 0.5) is 11.4 Å². The summed E-state index contributed by atoms with van der Waals surface area (Å²) in [6.45, 7) is 0. The van der Waals surface area contributed by atoms with Crippen LogP contribution in [0.2, 0.25) is 5.02 Å². The number of nitrogens with one attached hydrogen (secondary N) is 1. The average molecular weight is 369 g/mol. The van der Waals surface area contributed by atoms with Crippen LogP contribution < -0.4 is 5.43 Å². The number of carbonyl (C=O) groups excluding carboxylic acids is 1. The van der Waals surface area contributed by atoms with Crippen molar-refractivity contribution in [2.45, 2.75) is 0 Å². The number of hydrogen-bond acceptors (Lipinski definition) is 8. The lowest BCUT2D eigenvalue weighted by atomic mass is 10.2. The summed E-state index contributed by atoms with van der Waals surface area (Å²) in [7, 11) is 1.40. The summed E-state index contributed by atoms with van der Waals surface area (Å²) in [6, 6.07) is 2.13. The number of carbonyl (C=O) groups is 1. The van der Waals surface area contributed by atoms with Gasteiger partial charge in [-0.2, -0.15) is 10.2 Å². The minimum absolute atomic E-state index is 0.0300. The largest absolute Gasteiger partial charge is 0.502 e. The maximum atomic E-state index is 11.9. The van der Waals surface area contributed by atoms with Gasteiger partial charge in [0.1, 0.15) is 6.20 Å². The summed E-state index contributed by atoms with van der Waals surface area (Å²) in [5, 5.41) is 38.5. The number of nitro groups is 2. The molecule has 0 atom stereocenters. The van der Waals surface area contributed by atoms with Gasteiger partial charge in [0.05, 0.1) is 16.1 Å². The molecule has 0 aliphatic carbocycles. The molecule has 0 spiro atoms. The fraction of sp³-hybridized carbons (Fsp3) is 0.0833. The van der Waals surface area contributed by atoms with Gasteiger partial charge in [-0.1, -0.05) is 11.6 Å². The van der Waals surface area contributed by atoms with Gasteiger partial charge >= 0.3 is 11.4 Å². The second-order valence-corrected chi connectivity index (χ2v) is 5.05. The summed E-state index contributed by atoms with van der Waals surface area (Å²) in [6.07, 6.45) is 1.95. The van der Waals surface area contributed by atoms with E-state index in [1.54, 1.807) is 0 Å². The first-order valence-electron chi connectivity index (χ1n) is 6.39. The number of phenols is 1. The van der Waals surface area contributed by atoms with E-state index >= 15 is 0 Å². The standard InChI is InChI=1S/C12H9ClN6O6/c1-17-5-9(19(24)25)10(16-17)12(21)15-14-4-6-2-7(13)3-8(11(6)20)18(22)23/h2-5,20H,1H3,(H,15,21). The Bertz CT molecular complexity index is 908. The normalized spacial score (nSPS) is 10.8. The first-order valence-corrected chi connectivity index (χ1v) is 6.77. The van der Waals surface area contributed by atoms with Gasteiger partial charge in [-0.25, -0.2) is 5.43 Å². The van der Waals surface area contributed by atoms with E-state index in [1.165, 1.54) is 13.1 Å². The minimum Gasteiger partial charge on any atom is -0.502 e. The monoisotopic (exact) mass is 368 g/mol. The van der Waals surface area contributed by atoms with Crippen LogP contribution in [0.3, 0.4) is 0 Å². The van der Waals surface area contributed by atoms with Crippen molar-refractivity contribution in [1.82, 2.24) is 15.2 Å². The molecule has 0 bridgehead atoms. The highest BCUT2D eigenvalue weighted by atomic mass is 35.5. The molecule has 1 aromatic heterocycles. The lowest BCUT2D eigenvalue weighted by Crippen LogP contribution is -2.19. The highest BCUT2D eigenvalue weighted by Gasteiger charge is 2.24. The molecule has 12 nitrogen and oxygen atoms in total. The fourth-order valence-electron chi connectivity index (χ4n) is 1.83. The third kappa shape index (κ3) is 3.87. The van der Waals surface area contributed by atoms with E-state index in [4.69, 9.17) is 11.6 Å². The summed E-state index contributed by atoms with van der Waals surface area (Å²) in [4.78, 5) is 31.9. The number of benzene rings is 1. The third-order valence-electron chi connectivity index (χ3n) is 2.87. The van der Waals surface area contributed by atoms with Crippen LogP contribution in [-0.2, 0) is 7.05 Å². The Hall–Kier alpha value is -3.54. The number of phenolic OH excluding ortho intramolecular Hbond substituents is 1. The molecule has 1 heterocycles. The van der Waals surface area contributed by atoms with Gasteiger partial charge in [0, 0.05) is 23.7 Å². The lowest BCUT2D eigenvalue weighted by Gasteiger charge is -2.01. The van der Waals surface area contributed by atoms with Crippen LogP contribution >= 0.6 is 11.6 Å². The number of nitrogens with zero attached hydrogens (tertiary/aromatic N) is 5. The van der Waals surface area contributed by atoms with Crippen LogP contribution in [0.5, 0.6) is 5.75 Å². The molecule has 0 unspecified atom stereocenters. The van der Waals surface area contributed by atoms with Crippen LogP contribution in [0.25, 0.3) is 0 Å². The number of rotatable bonds is 5. The summed E-state index contributed by atoms with van der Waals surface area (Å²) in [5.74, 6) is -1.67. The molecule has 2 N–H and O–H groups in total. The Morgan fingerprint density at radius 2 is 2.00 bits per heavy atom. The van der Waals surface area contributed by atoms with Gasteiger partial charge in [-0.05, 0) is 6.07 Å². The van der Waals surface area contributed by atoms with Crippen LogP contribution in [-0.4, -0.2) is 36.9 Å². The first kappa shape index (κ1) is 17.8. The molecule has 0 aliphatic rings. The highest BCUT2D eigenvalue weighted by molar-refractivity contribution is 6.31. The number of hydrogen-bond donors (Lipinski definition) is 2. The minimum atomic E-state index is -0.973. The number of aryl methyl sites for hydroxylation is 1. The lowest BCUT2D eigenvalue weighted by molar-refractivity contribution is -0.385. The van der Waals surface area contributed by atoms with E-state index in [1.807, 2.05) is 5.43 Å². The third-order valence-corrected chi connectivity index (χ3v) is 3.09. The molecule has 0 fully saturated rings. The number of aromatic hydroxyl groups is 1. The van der Waals surface area contributed by atoms with E-state index in [0.29, 0.717) is 0 Å². The van der Waals surface area contributed by atoms with Crippen molar-refractivity contribution in [3.8, 4) is 5.75 Å². The number of aromatic nitrogens is 2. The van der Waals surface area contributed by atoms with Crippen molar-refractivity contribution in [3.05, 3.63) is 54.8 Å². The van der Waals surface area contributed by atoms with Gasteiger partial charge in [0.25, 0.3) is 5.91 Å². The van der Waals surface area contributed by atoms with E-state index < -0.39 is 38.6 Å². The zero-order valence-electron chi connectivity index (χ0n) is 12.4. The summed E-state index contributed by atoms with van der Waals surface area (Å²) >= 11 is 5.71. The van der Waals surface area contributed by atoms with Gasteiger partial charge < -0.3 is 5.11 Å². The molecule has 2 rings (SSSR count). The molecule has 13 heteroatoms. The quantitative estimate of drug-likeness (QED) is 0.456. The van der Waals surface area contributed by atoms with Crippen molar-refractivity contribution in [2.24, 2.45) is 12.1 Å². The number of amides is 1. The molecule has 25 heavy (non-hydrogen) atoms. The molecular formula is C12H9ClN6O6. The Kier molecular flexibility index (Phi) is 4.93. The smallest absolute Gasteiger partial charge is 0.320 e. The van der Waals surface area contributed by atoms with Gasteiger partial charge in [0.2, 0.25) is 11.4 Å². The van der Waals surface area contributed by atoms with E-state index in [2.05, 4.69) is 10.2 Å². The van der Waals surface area contributed by atoms with Crippen molar-refractivity contribution in [1.29, 1.82) is 0 Å². The topological polar surface area (TPSA) is 166 Å². The number of nitro benzene ring substituents is 1. The second-order valence-electron chi connectivity index (χ2n) is 4.61. The Labute approximate surface area is 143 Å². The number of halogens is 1. The zero-order chi connectivity index (χ0) is 18.7. The van der Waals surface area contributed by atoms with Crippen molar-refractivity contribution < 1.29 is 19.7 Å². The Morgan fingerprint density at radius 3 is 2.60 bits per heavy atom. The zero-order valence-corrected chi connectivity index (χ0v) is 13.2. The van der Waals surface area contributed by atoms with Crippen molar-refractivity contribution in [2.75, 3.05) is 0 Å². The van der Waals surface area contributed by atoms with E-state index in [0.717, 1.165) is 23.2 Å². The molecule has 0 radical (unpaired) electrons. The summed E-state index contributed by atoms with van der Waals surface area (Å²) < 4.78 is 1.09. The van der Waals surface area contributed by atoms with E-state index in [-0.39, 0.29) is 10.6 Å². The molecule has 130 valence electrons. The first-order chi connectivity index (χ1) is 11.7. The number of hydrazone groups is 1. The predicted molar refractivity (Wildman–Crippen MR) is 84.7 cm³/mol. The average Bonchev–Trinajstić information content (AvgIpc) is 2.92. The van der Waals surface area contributed by atoms with Crippen molar-refractivity contribution in [3.63, 3.8) is 0 Å². The second kappa shape index (κ2) is 6.92. The van der Waals surface area contributed by atoms with Gasteiger partial charge in [0.15, 0.2) is 0 Å². The highest BCUT2D eigenvalue weighted by Crippen LogP contribution is 2.32. The molecule has 0 aliphatic heterocycles. The molecular weight excluding hydrogens is 360 g/mol. The molecule has 0 saturated heterocycles. The fourth-order valence-corrected chi connectivity index (χ4v) is 2.05. The SMILES string of the molecule is Cn1cc([N+](=O)[O-])c(C(=O)NN=Cc2cc(Cl)cc([N+](=O)[O-])c2O)n1. The van der Waals surface area contributed by atoms with Crippen LogP contribution in [0.15, 0.2) is 23.4 Å². The van der Waals surface area contributed by atoms with Crippen molar-refractivity contribution >= 4 is 35.1 Å². The summed E-state index contributed by atoms with van der Waals surface area (Å²) in [5.41, 5.74) is 0.226. The molecule has 2 aromatic rings. The van der Waals surface area contributed by atoms with Gasteiger partial charge in [-0.15, -0.1) is 0 Å². The van der Waals surface area contributed by atoms with E-state index in [9.17, 15) is 30.1 Å². The predicted octanol–water partition coefficient (Wildman–Crippen LogP) is 1.36. The Morgan fingerprint density at radius 1 is 1.36 bits per heavy atom. The molecule has 0 saturated carbocycles. The maximum Gasteiger partial charge on any atom is 0.320 e. The molecule has 1 amide bonds. The van der Waals surface area contributed by atoms with Gasteiger partial charge in [-0.3, -0.25) is 29.7 Å².